The summed E-state index contributed by atoms with van der Waals surface area (Å²) < 4.78 is 43.3. The Hall–Kier alpha value is -0.490. The monoisotopic (exact) mass is 146 g/mol. The van der Waals surface area contributed by atoms with Gasteiger partial charge in [0.15, 0.2) is 0 Å². The third-order valence-electron chi connectivity index (χ3n) is 1.01. The average molecular weight is 147 g/mol. The summed E-state index contributed by atoms with van der Waals surface area (Å²) in [5, 5.41) is -0.0383. The normalized spacial score (nSPS) is 22.3. The molecule has 48 valence electrons. The Kier molecular flexibility index (Phi) is 0.609. The van der Waals surface area contributed by atoms with E-state index in [1.54, 1.807) is 0 Å². The molecule has 0 atom stereocenters. The summed E-state index contributed by atoms with van der Waals surface area (Å²) in [5.74, 6) is 0. The molecule has 0 aliphatic rings. The Morgan fingerprint density at radius 3 is 2.89 bits per heavy atom. The highest BCUT2D eigenvalue weighted by atomic mass is 35.5. The predicted octanol–water partition coefficient (Wildman–Crippen LogP) is 2.96. The molecule has 0 aromatic heterocycles. The lowest BCUT2D eigenvalue weighted by Crippen LogP contribution is -1.78. The van der Waals surface area contributed by atoms with Gasteiger partial charge in [0, 0.05) is 13.2 Å². The van der Waals surface area contributed by atoms with E-state index in [1.807, 2.05) is 0 Å². The standard InChI is InChI=1S/C8H9Cl/c1-6-4-3-5-8(9)7(6)2/h3-5H,1-2H3/i1D3,2D3. The van der Waals surface area contributed by atoms with Crippen LogP contribution in [0.4, 0.5) is 0 Å². The van der Waals surface area contributed by atoms with Crippen LogP contribution < -0.4 is 0 Å². The maximum atomic E-state index is 7.23. The molecule has 1 rings (SSSR count). The van der Waals surface area contributed by atoms with Gasteiger partial charge >= 0.3 is 0 Å². The predicted molar refractivity (Wildman–Crippen MR) is 40.9 cm³/mol. The van der Waals surface area contributed by atoms with Crippen molar-refractivity contribution < 1.29 is 8.22 Å². The van der Waals surface area contributed by atoms with Gasteiger partial charge in [0.1, 0.15) is 0 Å². The molecule has 0 aliphatic carbocycles. The van der Waals surface area contributed by atoms with E-state index in [9.17, 15) is 0 Å². The lowest BCUT2D eigenvalue weighted by Gasteiger charge is -1.98. The van der Waals surface area contributed by atoms with Crippen molar-refractivity contribution in [3.8, 4) is 0 Å². The molecular formula is C8H9Cl. The first-order valence-electron chi connectivity index (χ1n) is 5.43. The van der Waals surface area contributed by atoms with Gasteiger partial charge in [-0.1, -0.05) is 23.7 Å². The number of aryl methyl sites for hydroxylation is 1. The summed E-state index contributed by atoms with van der Waals surface area (Å²) in [5.41, 5.74) is -0.498. The summed E-state index contributed by atoms with van der Waals surface area (Å²) in [6.45, 7) is -4.98. The minimum Gasteiger partial charge on any atom is -0.0840 e. The fraction of sp³-hybridized carbons (Fsp3) is 0.250. The van der Waals surface area contributed by atoms with Crippen molar-refractivity contribution in [1.82, 2.24) is 0 Å². The number of halogens is 1. The summed E-state index contributed by atoms with van der Waals surface area (Å²) in [6, 6.07) is 4.07. The second-order valence-electron chi connectivity index (χ2n) is 1.66. The van der Waals surface area contributed by atoms with E-state index in [4.69, 9.17) is 19.8 Å². The van der Waals surface area contributed by atoms with E-state index >= 15 is 0 Å². The Balaban J connectivity index is 3.48. The van der Waals surface area contributed by atoms with E-state index in [1.165, 1.54) is 18.2 Å². The number of rotatable bonds is 0. The molecule has 0 nitrogen and oxygen atoms in total. The molecule has 9 heavy (non-hydrogen) atoms. The average Bonchev–Trinajstić information content (AvgIpc) is 1.99. The molecule has 0 aliphatic heterocycles. The van der Waals surface area contributed by atoms with Crippen LogP contribution in [0.25, 0.3) is 0 Å². The summed E-state index contributed by atoms with van der Waals surface area (Å²) in [4.78, 5) is 0. The largest absolute Gasteiger partial charge is 0.0840 e. The van der Waals surface area contributed by atoms with Gasteiger partial charge in [0.2, 0.25) is 0 Å². The molecule has 0 fully saturated rings. The summed E-state index contributed by atoms with van der Waals surface area (Å²) >= 11 is 5.71. The second-order valence-corrected chi connectivity index (χ2v) is 2.07. The molecule has 0 saturated carbocycles. The van der Waals surface area contributed by atoms with E-state index in [2.05, 4.69) is 0 Å². The van der Waals surface area contributed by atoms with Crippen molar-refractivity contribution in [2.24, 2.45) is 0 Å². The fourth-order valence-electron chi connectivity index (χ4n) is 0.524. The van der Waals surface area contributed by atoms with Gasteiger partial charge < -0.3 is 0 Å². The maximum Gasteiger partial charge on any atom is 0.0437 e. The first-order chi connectivity index (χ1) is 6.64. The third-order valence-corrected chi connectivity index (χ3v) is 1.33. The zero-order valence-electron chi connectivity index (χ0n) is 10.6. The zero-order valence-corrected chi connectivity index (χ0v) is 5.37. The molecule has 0 spiro atoms. The van der Waals surface area contributed by atoms with Crippen LogP contribution in [0.3, 0.4) is 0 Å². The zero-order chi connectivity index (χ0) is 11.9. The van der Waals surface area contributed by atoms with Gasteiger partial charge in [-0.15, -0.1) is 0 Å². The molecule has 0 heterocycles. The van der Waals surface area contributed by atoms with Crippen molar-refractivity contribution in [2.75, 3.05) is 0 Å². The molecule has 1 heteroatoms. The van der Waals surface area contributed by atoms with Crippen molar-refractivity contribution in [1.29, 1.82) is 0 Å². The van der Waals surface area contributed by atoms with Gasteiger partial charge in [-0.05, 0) is 30.9 Å². The SMILES string of the molecule is [2H]C([2H])([2H])c1cccc(Cl)c1C([2H])([2H])[2H]. The van der Waals surface area contributed by atoms with Gasteiger partial charge in [-0.2, -0.15) is 0 Å². The van der Waals surface area contributed by atoms with Crippen molar-refractivity contribution in [3.63, 3.8) is 0 Å². The topological polar surface area (TPSA) is 0 Å². The van der Waals surface area contributed by atoms with E-state index < -0.39 is 13.7 Å². The Morgan fingerprint density at radius 1 is 1.44 bits per heavy atom. The van der Waals surface area contributed by atoms with Gasteiger partial charge in [0.05, 0.1) is 0 Å². The van der Waals surface area contributed by atoms with Crippen LogP contribution in [0.5, 0.6) is 0 Å². The molecule has 0 amide bonds. The van der Waals surface area contributed by atoms with Crippen molar-refractivity contribution >= 4 is 11.6 Å². The molecule has 0 N–H and O–H groups in total. The van der Waals surface area contributed by atoms with Gasteiger partial charge in [0.25, 0.3) is 0 Å². The fourth-order valence-corrected chi connectivity index (χ4v) is 0.699. The number of hydrogen-bond donors (Lipinski definition) is 0. The van der Waals surface area contributed by atoms with E-state index in [0.29, 0.717) is 0 Å². The van der Waals surface area contributed by atoms with Gasteiger partial charge in [-0.3, -0.25) is 0 Å². The summed E-state index contributed by atoms with van der Waals surface area (Å²) in [7, 11) is 0. The molecular weight excluding hydrogens is 132 g/mol. The van der Waals surface area contributed by atoms with Crippen LogP contribution >= 0.6 is 11.6 Å². The Bertz CT molecular complexity index is 364. The van der Waals surface area contributed by atoms with Crippen LogP contribution in [0.2, 0.25) is 5.02 Å². The smallest absolute Gasteiger partial charge is 0.0437 e. The first-order valence-corrected chi connectivity index (χ1v) is 2.81. The van der Waals surface area contributed by atoms with Crippen LogP contribution in [0.1, 0.15) is 19.4 Å². The van der Waals surface area contributed by atoms with Crippen LogP contribution in [0, 0.1) is 13.7 Å². The lowest BCUT2D eigenvalue weighted by atomic mass is 10.1. The second kappa shape index (κ2) is 2.40. The maximum absolute atomic E-state index is 7.23. The molecule has 0 radical (unpaired) electrons. The van der Waals surface area contributed by atoms with Crippen molar-refractivity contribution in [3.05, 3.63) is 34.3 Å². The Morgan fingerprint density at radius 2 is 2.33 bits per heavy atom. The Labute approximate surface area is 68.9 Å². The number of benzene rings is 1. The van der Waals surface area contributed by atoms with Crippen LogP contribution in [-0.4, -0.2) is 0 Å². The third kappa shape index (κ3) is 1.25. The molecule has 1 aromatic rings. The van der Waals surface area contributed by atoms with Crippen LogP contribution in [0.15, 0.2) is 18.2 Å². The molecule has 1 aromatic carbocycles. The molecule has 0 unspecified atom stereocenters. The highest BCUT2D eigenvalue weighted by Gasteiger charge is 1.93. The highest BCUT2D eigenvalue weighted by Crippen LogP contribution is 2.16. The highest BCUT2D eigenvalue weighted by molar-refractivity contribution is 6.31. The van der Waals surface area contributed by atoms with E-state index in [0.717, 1.165) is 0 Å². The van der Waals surface area contributed by atoms with E-state index in [-0.39, 0.29) is 16.1 Å². The van der Waals surface area contributed by atoms with Crippen LogP contribution in [-0.2, 0) is 0 Å². The lowest BCUT2D eigenvalue weighted by molar-refractivity contribution is 1.34. The van der Waals surface area contributed by atoms with Gasteiger partial charge in [-0.25, -0.2) is 0 Å². The minimum absolute atomic E-state index is 0.0383. The minimum atomic E-state index is -2.51. The first kappa shape index (κ1) is 2.28. The number of hydrogen-bond acceptors (Lipinski definition) is 0. The molecule has 0 bridgehead atoms. The summed E-state index contributed by atoms with van der Waals surface area (Å²) in [6.07, 6.45) is 0. The molecule has 0 saturated heterocycles. The van der Waals surface area contributed by atoms with Crippen molar-refractivity contribution in [2.45, 2.75) is 13.7 Å². The quantitative estimate of drug-likeness (QED) is 0.528.